The van der Waals surface area contributed by atoms with Crippen LogP contribution in [0.2, 0.25) is 0 Å². The third kappa shape index (κ3) is 3.72. The highest BCUT2D eigenvalue weighted by atomic mass is 32.2. The second kappa shape index (κ2) is 7.48. The van der Waals surface area contributed by atoms with E-state index >= 15 is 0 Å². The van der Waals surface area contributed by atoms with Crippen LogP contribution in [0.25, 0.3) is 0 Å². The topological polar surface area (TPSA) is 88.0 Å². The summed E-state index contributed by atoms with van der Waals surface area (Å²) < 4.78 is 30.5. The number of piperazine rings is 1. The molecule has 0 aliphatic carbocycles. The molecule has 4 rings (SSSR count). The van der Waals surface area contributed by atoms with Crippen LogP contribution < -0.4 is 9.64 Å². The van der Waals surface area contributed by atoms with Crippen molar-refractivity contribution in [1.29, 1.82) is 0 Å². The summed E-state index contributed by atoms with van der Waals surface area (Å²) >= 11 is 0. The van der Waals surface area contributed by atoms with Crippen molar-refractivity contribution in [1.82, 2.24) is 14.3 Å². The van der Waals surface area contributed by atoms with E-state index in [0.717, 1.165) is 34.1 Å². The summed E-state index contributed by atoms with van der Waals surface area (Å²) in [5.74, 6) is 1.61. The van der Waals surface area contributed by atoms with Gasteiger partial charge in [0.25, 0.3) is 0 Å². The molecule has 0 atom stereocenters. The fraction of sp³-hybridized carbons (Fsp3) is 0.421. The lowest BCUT2D eigenvalue weighted by atomic mass is 10.0. The first-order valence-corrected chi connectivity index (χ1v) is 11.1. The summed E-state index contributed by atoms with van der Waals surface area (Å²) in [6.45, 7) is 5.32. The fourth-order valence-electron chi connectivity index (χ4n) is 3.54. The predicted molar refractivity (Wildman–Crippen MR) is 108 cm³/mol. The summed E-state index contributed by atoms with van der Waals surface area (Å²) in [5, 5.41) is 0. The molecular formula is C19H23N5O3S. The van der Waals surface area contributed by atoms with Crippen LogP contribution in [0.15, 0.2) is 35.6 Å². The van der Waals surface area contributed by atoms with Crippen LogP contribution in [-0.2, 0) is 16.6 Å². The van der Waals surface area contributed by atoms with Gasteiger partial charge in [0.1, 0.15) is 17.9 Å². The van der Waals surface area contributed by atoms with Crippen LogP contribution >= 0.6 is 0 Å². The van der Waals surface area contributed by atoms with E-state index < -0.39 is 10.0 Å². The molecule has 9 heteroatoms. The zero-order chi connectivity index (χ0) is 19.7. The first kappa shape index (κ1) is 18.8. The Kier molecular flexibility index (Phi) is 5.03. The van der Waals surface area contributed by atoms with Gasteiger partial charge in [0.05, 0.1) is 30.8 Å². The molecule has 1 aromatic heterocycles. The second-order valence-electron chi connectivity index (χ2n) is 6.83. The average molecular weight is 401 g/mol. The molecule has 8 nitrogen and oxygen atoms in total. The number of rotatable bonds is 5. The molecule has 2 aliphatic heterocycles. The van der Waals surface area contributed by atoms with Gasteiger partial charge in [-0.25, -0.2) is 18.4 Å². The van der Waals surface area contributed by atoms with Crippen molar-refractivity contribution in [3.63, 3.8) is 0 Å². The standard InChI is InChI=1S/C19H23N5O3S/c1-3-27-15-5-4-14-12-20-19(16(14)10-15)17-11-18(22-13-21-17)23-6-8-24(9-7-23)28(2,25)26/h4-5,10-11,13H,3,6-9,12H2,1-2H3. The Labute approximate surface area is 164 Å². The third-order valence-corrected chi connectivity index (χ3v) is 6.29. The lowest BCUT2D eigenvalue weighted by Crippen LogP contribution is -2.48. The molecule has 1 aromatic carbocycles. The van der Waals surface area contributed by atoms with Gasteiger partial charge in [-0.05, 0) is 24.6 Å². The van der Waals surface area contributed by atoms with Crippen LogP contribution in [0.5, 0.6) is 5.75 Å². The molecule has 1 saturated heterocycles. The van der Waals surface area contributed by atoms with Crippen molar-refractivity contribution in [2.45, 2.75) is 13.5 Å². The number of hydrogen-bond donors (Lipinski definition) is 0. The number of aliphatic imine (C=N–C) groups is 1. The van der Waals surface area contributed by atoms with Crippen molar-refractivity contribution in [2.24, 2.45) is 4.99 Å². The Bertz CT molecular complexity index is 1010. The van der Waals surface area contributed by atoms with Crippen molar-refractivity contribution in [3.05, 3.63) is 47.4 Å². The van der Waals surface area contributed by atoms with Crippen molar-refractivity contribution >= 4 is 21.6 Å². The molecule has 0 amide bonds. The Morgan fingerprint density at radius 3 is 2.61 bits per heavy atom. The zero-order valence-electron chi connectivity index (χ0n) is 16.0. The van der Waals surface area contributed by atoms with E-state index in [4.69, 9.17) is 4.74 Å². The molecule has 0 unspecified atom stereocenters. The highest BCUT2D eigenvalue weighted by Crippen LogP contribution is 2.27. The van der Waals surface area contributed by atoms with E-state index in [1.807, 2.05) is 31.2 Å². The van der Waals surface area contributed by atoms with E-state index in [-0.39, 0.29) is 0 Å². The van der Waals surface area contributed by atoms with E-state index in [2.05, 4.69) is 19.9 Å². The Balaban J connectivity index is 1.56. The number of hydrogen-bond acceptors (Lipinski definition) is 7. The molecule has 2 aromatic rings. The Morgan fingerprint density at radius 2 is 1.89 bits per heavy atom. The minimum Gasteiger partial charge on any atom is -0.494 e. The first-order valence-electron chi connectivity index (χ1n) is 9.28. The normalized spacial score (nSPS) is 17.4. The number of benzene rings is 1. The maximum absolute atomic E-state index is 11.7. The van der Waals surface area contributed by atoms with Crippen molar-refractivity contribution in [2.75, 3.05) is 43.9 Å². The number of anilines is 1. The van der Waals surface area contributed by atoms with Crippen molar-refractivity contribution < 1.29 is 13.2 Å². The van der Waals surface area contributed by atoms with Crippen LogP contribution in [0.1, 0.15) is 23.7 Å². The summed E-state index contributed by atoms with van der Waals surface area (Å²) in [7, 11) is -3.15. The minimum atomic E-state index is -3.15. The van der Waals surface area contributed by atoms with Gasteiger partial charge in [0.2, 0.25) is 10.0 Å². The number of aromatic nitrogens is 2. The molecule has 0 N–H and O–H groups in total. The lowest BCUT2D eigenvalue weighted by molar-refractivity contribution is 0.340. The first-order chi connectivity index (χ1) is 13.5. The van der Waals surface area contributed by atoms with Crippen molar-refractivity contribution in [3.8, 4) is 5.75 Å². The van der Waals surface area contributed by atoms with Crippen LogP contribution in [0.3, 0.4) is 0 Å². The van der Waals surface area contributed by atoms with Gasteiger partial charge in [0.15, 0.2) is 0 Å². The van der Waals surface area contributed by atoms with Gasteiger partial charge in [-0.2, -0.15) is 4.31 Å². The van der Waals surface area contributed by atoms with Crippen LogP contribution in [0.4, 0.5) is 5.82 Å². The largest absolute Gasteiger partial charge is 0.494 e. The maximum atomic E-state index is 11.7. The highest BCUT2D eigenvalue weighted by Gasteiger charge is 2.25. The molecule has 0 saturated carbocycles. The number of ether oxygens (including phenoxy) is 1. The maximum Gasteiger partial charge on any atom is 0.211 e. The van der Waals surface area contributed by atoms with Gasteiger partial charge >= 0.3 is 0 Å². The summed E-state index contributed by atoms with van der Waals surface area (Å²) in [6, 6.07) is 7.95. The SMILES string of the molecule is CCOc1ccc2c(c1)C(c1cc(N3CCN(S(C)(=O)=O)CC3)ncn1)=NC2. The van der Waals surface area contributed by atoms with Gasteiger partial charge in [-0.15, -0.1) is 0 Å². The smallest absolute Gasteiger partial charge is 0.211 e. The Hall–Kier alpha value is -2.52. The molecular weight excluding hydrogens is 378 g/mol. The van der Waals surface area contributed by atoms with Crippen LogP contribution in [0, 0.1) is 0 Å². The van der Waals surface area contributed by atoms with E-state index in [1.54, 1.807) is 6.33 Å². The molecule has 0 bridgehead atoms. The van der Waals surface area contributed by atoms with Gasteiger partial charge in [-0.1, -0.05) is 6.07 Å². The Morgan fingerprint density at radius 1 is 1.11 bits per heavy atom. The summed E-state index contributed by atoms with van der Waals surface area (Å²) in [6.07, 6.45) is 2.79. The van der Waals surface area contributed by atoms with E-state index in [0.29, 0.717) is 39.3 Å². The molecule has 2 aliphatic rings. The summed E-state index contributed by atoms with van der Waals surface area (Å²) in [5.41, 5.74) is 3.80. The minimum absolute atomic E-state index is 0.458. The number of nitrogens with zero attached hydrogens (tertiary/aromatic N) is 5. The predicted octanol–water partition coefficient (Wildman–Crippen LogP) is 1.31. The van der Waals surface area contributed by atoms with Gasteiger partial charge < -0.3 is 9.64 Å². The summed E-state index contributed by atoms with van der Waals surface area (Å²) in [4.78, 5) is 15.6. The second-order valence-corrected chi connectivity index (χ2v) is 8.81. The van der Waals surface area contributed by atoms with Gasteiger partial charge in [-0.3, -0.25) is 4.99 Å². The molecule has 28 heavy (non-hydrogen) atoms. The van der Waals surface area contributed by atoms with Crippen LogP contribution in [-0.4, -0.2) is 67.4 Å². The molecule has 0 radical (unpaired) electrons. The lowest BCUT2D eigenvalue weighted by Gasteiger charge is -2.33. The number of fused-ring (bicyclic) bond motifs is 1. The quantitative estimate of drug-likeness (QED) is 0.751. The molecule has 148 valence electrons. The van der Waals surface area contributed by atoms with E-state index in [1.165, 1.54) is 10.6 Å². The molecule has 1 fully saturated rings. The zero-order valence-corrected chi connectivity index (χ0v) is 16.8. The molecule has 0 spiro atoms. The van der Waals surface area contributed by atoms with Gasteiger partial charge in [0, 0.05) is 37.8 Å². The fourth-order valence-corrected chi connectivity index (χ4v) is 4.36. The number of sulfonamides is 1. The molecule has 3 heterocycles. The highest BCUT2D eigenvalue weighted by molar-refractivity contribution is 7.88. The monoisotopic (exact) mass is 401 g/mol. The average Bonchev–Trinajstić information content (AvgIpc) is 3.11. The third-order valence-electron chi connectivity index (χ3n) is 4.98. The van der Waals surface area contributed by atoms with E-state index in [9.17, 15) is 8.42 Å².